The van der Waals surface area contributed by atoms with Gasteiger partial charge in [-0.25, -0.2) is 14.4 Å². The highest BCUT2D eigenvalue weighted by Gasteiger charge is 2.23. The fraction of sp³-hybridized carbons (Fsp3) is 0.227. The number of piperazine rings is 1. The van der Waals surface area contributed by atoms with Gasteiger partial charge in [0.15, 0.2) is 0 Å². The van der Waals surface area contributed by atoms with Gasteiger partial charge in [0.05, 0.1) is 0 Å². The second kappa shape index (κ2) is 8.68. The summed E-state index contributed by atoms with van der Waals surface area (Å²) in [6.07, 6.45) is 3.44. The van der Waals surface area contributed by atoms with Gasteiger partial charge in [0.25, 0.3) is 5.91 Å². The zero-order chi connectivity index (χ0) is 20.1. The van der Waals surface area contributed by atoms with E-state index < -0.39 is 0 Å². The van der Waals surface area contributed by atoms with Crippen LogP contribution < -0.4 is 9.64 Å². The number of hydrogen-bond donors (Lipinski definition) is 0. The first-order valence-corrected chi connectivity index (χ1v) is 9.47. The summed E-state index contributed by atoms with van der Waals surface area (Å²) in [4.78, 5) is 25.3. The molecule has 0 bridgehead atoms. The van der Waals surface area contributed by atoms with Gasteiger partial charge in [-0.15, -0.1) is 0 Å². The topological polar surface area (TPSA) is 58.6 Å². The second-order valence-electron chi connectivity index (χ2n) is 6.77. The molecule has 2 aromatic carbocycles. The van der Waals surface area contributed by atoms with Gasteiger partial charge in [-0.3, -0.25) is 4.79 Å². The highest BCUT2D eigenvalue weighted by Crippen LogP contribution is 2.18. The predicted molar refractivity (Wildman–Crippen MR) is 107 cm³/mol. The molecule has 2 heterocycles. The zero-order valence-electron chi connectivity index (χ0n) is 15.9. The molecule has 1 aromatic heterocycles. The maximum Gasteiger partial charge on any atom is 0.254 e. The van der Waals surface area contributed by atoms with Crippen LogP contribution in [0.4, 0.5) is 10.3 Å². The number of carbonyl (C=O) groups is 1. The number of anilines is 1. The molecule has 0 spiro atoms. The number of hydrogen-bond acceptors (Lipinski definition) is 5. The van der Waals surface area contributed by atoms with Gasteiger partial charge in [-0.1, -0.05) is 18.2 Å². The molecule has 1 aliphatic rings. The van der Waals surface area contributed by atoms with Gasteiger partial charge in [0, 0.05) is 44.1 Å². The molecule has 0 saturated carbocycles. The van der Waals surface area contributed by atoms with E-state index in [4.69, 9.17) is 4.74 Å². The highest BCUT2D eigenvalue weighted by atomic mass is 19.1. The molecule has 0 aliphatic carbocycles. The number of halogens is 1. The second-order valence-corrected chi connectivity index (χ2v) is 6.77. The van der Waals surface area contributed by atoms with Crippen molar-refractivity contribution in [3.8, 4) is 5.75 Å². The Kier molecular flexibility index (Phi) is 5.65. The molecule has 1 aliphatic heterocycles. The molecule has 0 unspecified atom stereocenters. The molecule has 0 atom stereocenters. The monoisotopic (exact) mass is 392 g/mol. The van der Waals surface area contributed by atoms with E-state index >= 15 is 0 Å². The van der Waals surface area contributed by atoms with E-state index in [0.717, 1.165) is 5.56 Å². The minimum atomic E-state index is -0.278. The highest BCUT2D eigenvalue weighted by molar-refractivity contribution is 5.94. The van der Waals surface area contributed by atoms with Gasteiger partial charge in [-0.05, 0) is 42.0 Å². The fourth-order valence-corrected chi connectivity index (χ4v) is 3.21. The van der Waals surface area contributed by atoms with E-state index in [1.165, 1.54) is 12.1 Å². The van der Waals surface area contributed by atoms with Crippen LogP contribution in [0, 0.1) is 5.82 Å². The molecule has 3 aromatic rings. The Morgan fingerprint density at radius 3 is 2.41 bits per heavy atom. The summed E-state index contributed by atoms with van der Waals surface area (Å²) in [5.74, 6) is 0.999. The lowest BCUT2D eigenvalue weighted by Crippen LogP contribution is -2.49. The molecular formula is C22H21FN4O2. The summed E-state index contributed by atoms with van der Waals surface area (Å²) in [6.45, 7) is 2.91. The van der Waals surface area contributed by atoms with Crippen molar-refractivity contribution in [3.63, 3.8) is 0 Å². The smallest absolute Gasteiger partial charge is 0.254 e. The van der Waals surface area contributed by atoms with Crippen LogP contribution in [-0.4, -0.2) is 47.0 Å². The summed E-state index contributed by atoms with van der Waals surface area (Å²) < 4.78 is 18.8. The zero-order valence-corrected chi connectivity index (χ0v) is 15.9. The van der Waals surface area contributed by atoms with Crippen molar-refractivity contribution < 1.29 is 13.9 Å². The van der Waals surface area contributed by atoms with Gasteiger partial charge in [0.2, 0.25) is 5.95 Å². The van der Waals surface area contributed by atoms with Crippen molar-refractivity contribution in [2.75, 3.05) is 31.1 Å². The lowest BCUT2D eigenvalue weighted by molar-refractivity contribution is 0.0745. The Bertz CT molecular complexity index is 958. The first-order valence-electron chi connectivity index (χ1n) is 9.47. The largest absolute Gasteiger partial charge is 0.489 e. The van der Waals surface area contributed by atoms with E-state index in [1.54, 1.807) is 48.8 Å². The van der Waals surface area contributed by atoms with Crippen molar-refractivity contribution >= 4 is 11.9 Å². The van der Waals surface area contributed by atoms with Crippen LogP contribution in [0.25, 0.3) is 0 Å². The van der Waals surface area contributed by atoms with E-state index in [9.17, 15) is 9.18 Å². The molecule has 1 amide bonds. The van der Waals surface area contributed by atoms with Crippen molar-refractivity contribution in [2.24, 2.45) is 0 Å². The SMILES string of the molecule is O=C(c1cccc(OCc2ccc(F)cc2)c1)N1CCN(c2ncccn2)CC1. The third-order valence-corrected chi connectivity index (χ3v) is 4.80. The van der Waals surface area contributed by atoms with Gasteiger partial charge < -0.3 is 14.5 Å². The van der Waals surface area contributed by atoms with Gasteiger partial charge in [0.1, 0.15) is 18.2 Å². The maximum absolute atomic E-state index is 13.0. The average Bonchev–Trinajstić information content (AvgIpc) is 2.79. The Morgan fingerprint density at radius 2 is 1.69 bits per heavy atom. The number of aromatic nitrogens is 2. The van der Waals surface area contributed by atoms with Crippen LogP contribution >= 0.6 is 0 Å². The van der Waals surface area contributed by atoms with Crippen molar-refractivity contribution in [1.29, 1.82) is 0 Å². The Balaban J connectivity index is 1.35. The van der Waals surface area contributed by atoms with Crippen LogP contribution in [-0.2, 0) is 6.61 Å². The van der Waals surface area contributed by atoms with E-state index in [-0.39, 0.29) is 11.7 Å². The number of carbonyl (C=O) groups excluding carboxylic acids is 1. The summed E-state index contributed by atoms with van der Waals surface area (Å²) in [5, 5.41) is 0. The first-order chi connectivity index (χ1) is 14.2. The van der Waals surface area contributed by atoms with Crippen LogP contribution in [0.15, 0.2) is 67.0 Å². The summed E-state index contributed by atoms with van der Waals surface area (Å²) in [6, 6.07) is 15.1. The molecular weight excluding hydrogens is 371 g/mol. The molecule has 1 fully saturated rings. The third kappa shape index (κ3) is 4.68. The van der Waals surface area contributed by atoms with E-state index in [0.29, 0.717) is 50.0 Å². The number of ether oxygens (including phenoxy) is 1. The molecule has 148 valence electrons. The number of benzene rings is 2. The van der Waals surface area contributed by atoms with Crippen LogP contribution in [0.3, 0.4) is 0 Å². The Morgan fingerprint density at radius 1 is 0.966 bits per heavy atom. The summed E-state index contributed by atoms with van der Waals surface area (Å²) in [7, 11) is 0. The third-order valence-electron chi connectivity index (χ3n) is 4.80. The van der Waals surface area contributed by atoms with E-state index in [1.807, 2.05) is 11.0 Å². The molecule has 1 saturated heterocycles. The Labute approximate surface area is 168 Å². The van der Waals surface area contributed by atoms with Crippen molar-refractivity contribution in [1.82, 2.24) is 14.9 Å². The quantitative estimate of drug-likeness (QED) is 0.668. The van der Waals surface area contributed by atoms with Crippen LogP contribution in [0.5, 0.6) is 5.75 Å². The lowest BCUT2D eigenvalue weighted by Gasteiger charge is -2.34. The van der Waals surface area contributed by atoms with Gasteiger partial charge in [-0.2, -0.15) is 0 Å². The molecule has 6 nitrogen and oxygen atoms in total. The molecule has 0 N–H and O–H groups in total. The minimum absolute atomic E-state index is 0.0223. The summed E-state index contributed by atoms with van der Waals surface area (Å²) >= 11 is 0. The normalized spacial score (nSPS) is 14.0. The molecule has 4 rings (SSSR count). The molecule has 0 radical (unpaired) electrons. The average molecular weight is 392 g/mol. The fourth-order valence-electron chi connectivity index (χ4n) is 3.21. The van der Waals surface area contributed by atoms with Gasteiger partial charge >= 0.3 is 0 Å². The standard InChI is InChI=1S/C22H21FN4O2/c23-19-7-5-17(6-8-19)16-29-20-4-1-3-18(15-20)21(28)26-11-13-27(14-12-26)22-24-9-2-10-25-22/h1-10,15H,11-14,16H2. The Hall–Kier alpha value is -3.48. The van der Waals surface area contributed by atoms with E-state index in [2.05, 4.69) is 14.9 Å². The van der Waals surface area contributed by atoms with Crippen molar-refractivity contribution in [3.05, 3.63) is 83.9 Å². The molecule has 7 heteroatoms. The van der Waals surface area contributed by atoms with Crippen molar-refractivity contribution in [2.45, 2.75) is 6.61 Å². The first kappa shape index (κ1) is 18.9. The maximum atomic E-state index is 13.0. The minimum Gasteiger partial charge on any atom is -0.489 e. The van der Waals surface area contributed by atoms with Crippen LogP contribution in [0.2, 0.25) is 0 Å². The number of rotatable bonds is 5. The molecule has 29 heavy (non-hydrogen) atoms. The number of amides is 1. The number of nitrogens with zero attached hydrogens (tertiary/aromatic N) is 4. The predicted octanol–water partition coefficient (Wildman–Crippen LogP) is 3.16. The van der Waals surface area contributed by atoms with Crippen LogP contribution in [0.1, 0.15) is 15.9 Å². The lowest BCUT2D eigenvalue weighted by atomic mass is 10.1. The summed E-state index contributed by atoms with van der Waals surface area (Å²) in [5.41, 5.74) is 1.45.